The number of nitrogens with one attached hydrogen (secondary N) is 2. The number of aromatic nitrogens is 1. The summed E-state index contributed by atoms with van der Waals surface area (Å²) in [6.07, 6.45) is 2.47. The van der Waals surface area contributed by atoms with Crippen molar-refractivity contribution in [3.63, 3.8) is 0 Å². The highest BCUT2D eigenvalue weighted by Gasteiger charge is 2.31. The maximum Gasteiger partial charge on any atom is 0.214 e. The first-order valence-corrected chi connectivity index (χ1v) is 10.1. The van der Waals surface area contributed by atoms with Crippen LogP contribution in [0.25, 0.3) is 0 Å². The lowest BCUT2D eigenvalue weighted by Crippen LogP contribution is -2.44. The van der Waals surface area contributed by atoms with E-state index in [-0.39, 0.29) is 0 Å². The molecule has 2 aromatic heterocycles. The third kappa shape index (κ3) is 4.45. The number of guanidine groups is 1. The monoisotopic (exact) mass is 375 g/mol. The molecule has 0 radical (unpaired) electrons. The Bertz CT molecular complexity index is 705. The molecule has 3 rings (SSSR count). The second-order valence-corrected chi connectivity index (χ2v) is 7.88. The van der Waals surface area contributed by atoms with Crippen molar-refractivity contribution in [3.8, 4) is 0 Å². The van der Waals surface area contributed by atoms with E-state index in [1.54, 1.807) is 7.05 Å². The number of aliphatic imine (C=N–C) groups is 1. The molecule has 1 saturated heterocycles. The number of piperidine rings is 1. The van der Waals surface area contributed by atoms with Gasteiger partial charge in [0.15, 0.2) is 5.96 Å². The summed E-state index contributed by atoms with van der Waals surface area (Å²) in [7, 11) is 4.03. The first-order chi connectivity index (χ1) is 12.6. The molecule has 0 saturated carbocycles. The fourth-order valence-corrected chi connectivity index (χ4v) is 4.59. The van der Waals surface area contributed by atoms with Crippen LogP contribution in [0.15, 0.2) is 26.9 Å². The maximum absolute atomic E-state index is 5.62. The standard InChI is InChI=1S/C19H29N5OS/c1-13-14(2)25-17(23-13)12-22-19(20-3)21-11-15-7-5-9-24(4)18(15)16-8-6-10-26-16/h6,8,10,15,18H,5,7,9,11-12H2,1-4H3,(H2,20,21,22). The predicted molar refractivity (Wildman–Crippen MR) is 107 cm³/mol. The third-order valence-corrected chi connectivity index (χ3v) is 6.02. The number of rotatable bonds is 5. The molecular formula is C19H29N5OS. The highest BCUT2D eigenvalue weighted by Crippen LogP contribution is 2.36. The van der Waals surface area contributed by atoms with Crippen LogP contribution in [0.2, 0.25) is 0 Å². The normalized spacial score (nSPS) is 21.8. The van der Waals surface area contributed by atoms with Crippen molar-refractivity contribution in [1.29, 1.82) is 0 Å². The van der Waals surface area contributed by atoms with Gasteiger partial charge in [0.05, 0.1) is 12.2 Å². The van der Waals surface area contributed by atoms with Gasteiger partial charge in [-0.05, 0) is 57.6 Å². The molecule has 3 heterocycles. The molecule has 2 aromatic rings. The summed E-state index contributed by atoms with van der Waals surface area (Å²) in [6.45, 7) is 6.49. The Morgan fingerprint density at radius 3 is 2.92 bits per heavy atom. The summed E-state index contributed by atoms with van der Waals surface area (Å²) in [6, 6.07) is 4.88. The van der Waals surface area contributed by atoms with Gasteiger partial charge in [-0.25, -0.2) is 4.98 Å². The van der Waals surface area contributed by atoms with E-state index in [1.165, 1.54) is 17.7 Å². The molecule has 0 aromatic carbocycles. The molecule has 6 nitrogen and oxygen atoms in total. The number of aryl methyl sites for hydroxylation is 2. The molecule has 2 atom stereocenters. The number of hydrogen-bond acceptors (Lipinski definition) is 5. The number of hydrogen-bond donors (Lipinski definition) is 2. The molecule has 2 N–H and O–H groups in total. The van der Waals surface area contributed by atoms with E-state index in [0.717, 1.165) is 30.5 Å². The summed E-state index contributed by atoms with van der Waals surface area (Å²) < 4.78 is 5.62. The molecule has 0 amide bonds. The summed E-state index contributed by atoms with van der Waals surface area (Å²) in [5.41, 5.74) is 0.939. The Hall–Kier alpha value is -1.86. The fraction of sp³-hybridized carbons (Fsp3) is 0.579. The van der Waals surface area contributed by atoms with Gasteiger partial charge in [0, 0.05) is 24.5 Å². The van der Waals surface area contributed by atoms with Gasteiger partial charge >= 0.3 is 0 Å². The molecule has 0 spiro atoms. The Morgan fingerprint density at radius 1 is 1.42 bits per heavy atom. The van der Waals surface area contributed by atoms with Crippen molar-refractivity contribution >= 4 is 17.3 Å². The van der Waals surface area contributed by atoms with E-state index in [1.807, 2.05) is 25.2 Å². The van der Waals surface area contributed by atoms with Crippen LogP contribution in [-0.4, -0.2) is 43.0 Å². The molecule has 1 aliphatic heterocycles. The lowest BCUT2D eigenvalue weighted by atomic mass is 9.88. The van der Waals surface area contributed by atoms with Gasteiger partial charge in [-0.1, -0.05) is 6.07 Å². The SMILES string of the molecule is CN=C(NCc1nc(C)c(C)o1)NCC1CCCN(C)C1c1cccs1. The highest BCUT2D eigenvalue weighted by atomic mass is 32.1. The molecule has 0 bridgehead atoms. The van der Waals surface area contributed by atoms with Crippen molar-refractivity contribution in [3.05, 3.63) is 39.7 Å². The average Bonchev–Trinajstić information content (AvgIpc) is 3.25. The highest BCUT2D eigenvalue weighted by molar-refractivity contribution is 7.10. The fourth-order valence-electron chi connectivity index (χ4n) is 3.60. The van der Waals surface area contributed by atoms with Crippen LogP contribution in [0, 0.1) is 19.8 Å². The Balaban J connectivity index is 1.56. The maximum atomic E-state index is 5.62. The summed E-state index contributed by atoms with van der Waals surface area (Å²) >= 11 is 1.85. The average molecular weight is 376 g/mol. The third-order valence-electron chi connectivity index (χ3n) is 5.08. The minimum absolute atomic E-state index is 0.478. The smallest absolute Gasteiger partial charge is 0.214 e. The van der Waals surface area contributed by atoms with E-state index in [0.29, 0.717) is 24.4 Å². The Kier molecular flexibility index (Phi) is 6.32. The van der Waals surface area contributed by atoms with Gasteiger partial charge in [-0.2, -0.15) is 0 Å². The van der Waals surface area contributed by atoms with Crippen molar-refractivity contribution in [2.75, 3.05) is 27.2 Å². The van der Waals surface area contributed by atoms with Crippen LogP contribution in [0.5, 0.6) is 0 Å². The Labute approximate surface area is 159 Å². The van der Waals surface area contributed by atoms with Gasteiger partial charge in [-0.15, -0.1) is 11.3 Å². The molecule has 0 aliphatic carbocycles. The molecule has 26 heavy (non-hydrogen) atoms. The van der Waals surface area contributed by atoms with Gasteiger partial charge in [0.2, 0.25) is 5.89 Å². The van der Waals surface area contributed by atoms with Gasteiger partial charge in [0.1, 0.15) is 5.76 Å². The van der Waals surface area contributed by atoms with E-state index in [4.69, 9.17) is 4.42 Å². The quantitative estimate of drug-likeness (QED) is 0.621. The number of thiophene rings is 1. The lowest BCUT2D eigenvalue weighted by molar-refractivity contribution is 0.125. The first-order valence-electron chi connectivity index (χ1n) is 9.19. The topological polar surface area (TPSA) is 65.7 Å². The van der Waals surface area contributed by atoms with Crippen LogP contribution in [-0.2, 0) is 6.54 Å². The van der Waals surface area contributed by atoms with Crippen molar-refractivity contribution < 1.29 is 4.42 Å². The minimum atomic E-state index is 0.478. The number of nitrogens with zero attached hydrogens (tertiary/aromatic N) is 3. The largest absolute Gasteiger partial charge is 0.444 e. The summed E-state index contributed by atoms with van der Waals surface area (Å²) in [5.74, 6) is 2.92. The second-order valence-electron chi connectivity index (χ2n) is 6.90. The predicted octanol–water partition coefficient (Wildman–Crippen LogP) is 3.10. The molecule has 1 fully saturated rings. The van der Waals surface area contributed by atoms with Crippen LogP contribution < -0.4 is 10.6 Å². The number of likely N-dealkylation sites (tertiary alicyclic amines) is 1. The molecule has 142 valence electrons. The molecular weight excluding hydrogens is 346 g/mol. The zero-order valence-corrected chi connectivity index (χ0v) is 16.9. The van der Waals surface area contributed by atoms with E-state index < -0.39 is 0 Å². The van der Waals surface area contributed by atoms with E-state index in [9.17, 15) is 0 Å². The van der Waals surface area contributed by atoms with Crippen molar-refractivity contribution in [1.82, 2.24) is 20.5 Å². The molecule has 2 unspecified atom stereocenters. The van der Waals surface area contributed by atoms with Gasteiger partial charge in [-0.3, -0.25) is 9.89 Å². The summed E-state index contributed by atoms with van der Waals surface area (Å²) in [5, 5.41) is 8.96. The lowest BCUT2D eigenvalue weighted by Gasteiger charge is -2.39. The Morgan fingerprint density at radius 2 is 2.27 bits per heavy atom. The first kappa shape index (κ1) is 18.9. The van der Waals surface area contributed by atoms with E-state index in [2.05, 4.69) is 50.1 Å². The zero-order valence-electron chi connectivity index (χ0n) is 16.1. The van der Waals surface area contributed by atoms with Crippen LogP contribution >= 0.6 is 11.3 Å². The zero-order chi connectivity index (χ0) is 18.5. The van der Waals surface area contributed by atoms with E-state index >= 15 is 0 Å². The second kappa shape index (κ2) is 8.68. The van der Waals surface area contributed by atoms with Crippen LogP contribution in [0.1, 0.15) is 41.1 Å². The molecule has 7 heteroatoms. The minimum Gasteiger partial charge on any atom is -0.444 e. The van der Waals surface area contributed by atoms with Gasteiger partial charge in [0.25, 0.3) is 0 Å². The van der Waals surface area contributed by atoms with Crippen molar-refractivity contribution in [2.45, 2.75) is 39.3 Å². The molecule has 1 aliphatic rings. The van der Waals surface area contributed by atoms with Crippen LogP contribution in [0.4, 0.5) is 0 Å². The van der Waals surface area contributed by atoms with Gasteiger partial charge < -0.3 is 15.1 Å². The van der Waals surface area contributed by atoms with Crippen molar-refractivity contribution in [2.24, 2.45) is 10.9 Å². The van der Waals surface area contributed by atoms with Crippen LogP contribution in [0.3, 0.4) is 0 Å². The summed E-state index contributed by atoms with van der Waals surface area (Å²) in [4.78, 5) is 12.7. The number of oxazole rings is 1.